The van der Waals surface area contributed by atoms with E-state index < -0.39 is 5.54 Å². The van der Waals surface area contributed by atoms with Crippen LogP contribution in [0.5, 0.6) is 0 Å². The van der Waals surface area contributed by atoms with Crippen LogP contribution < -0.4 is 5.56 Å². The zero-order valence-corrected chi connectivity index (χ0v) is 18.7. The fourth-order valence-corrected chi connectivity index (χ4v) is 4.96. The summed E-state index contributed by atoms with van der Waals surface area (Å²) >= 11 is 0. The number of esters is 1. The first kappa shape index (κ1) is 21.8. The molecule has 164 valence electrons. The molecule has 4 rings (SSSR count). The zero-order chi connectivity index (χ0) is 22.7. The van der Waals surface area contributed by atoms with Gasteiger partial charge in [-0.05, 0) is 62.6 Å². The molecule has 2 atom stereocenters. The number of ether oxygens (including phenoxy) is 1. The van der Waals surface area contributed by atoms with Crippen molar-refractivity contribution < 1.29 is 9.53 Å². The maximum absolute atomic E-state index is 12.0. The Morgan fingerprint density at radius 1 is 1.31 bits per heavy atom. The summed E-state index contributed by atoms with van der Waals surface area (Å²) in [5.41, 5.74) is 5.47. The smallest absolute Gasteiger partial charge is 0.338 e. The van der Waals surface area contributed by atoms with Gasteiger partial charge in [-0.2, -0.15) is 0 Å². The van der Waals surface area contributed by atoms with Gasteiger partial charge in [-0.25, -0.2) is 4.79 Å². The molecule has 0 unspecified atom stereocenters. The van der Waals surface area contributed by atoms with E-state index in [1.54, 1.807) is 19.1 Å². The molecule has 32 heavy (non-hydrogen) atoms. The largest absolute Gasteiger partial charge is 0.462 e. The molecule has 2 bridgehead atoms. The second kappa shape index (κ2) is 8.95. The fraction of sp³-hybridized carbons (Fsp3) is 0.296. The molecule has 0 saturated heterocycles. The van der Waals surface area contributed by atoms with Gasteiger partial charge in [0.1, 0.15) is 5.54 Å². The predicted molar refractivity (Wildman–Crippen MR) is 128 cm³/mol. The van der Waals surface area contributed by atoms with E-state index in [-0.39, 0.29) is 17.4 Å². The van der Waals surface area contributed by atoms with Crippen LogP contribution >= 0.6 is 0 Å². The van der Waals surface area contributed by atoms with Gasteiger partial charge in [-0.1, -0.05) is 35.9 Å². The summed E-state index contributed by atoms with van der Waals surface area (Å²) < 4.78 is 5.08. The number of nitrogens with one attached hydrogen (secondary N) is 1. The van der Waals surface area contributed by atoms with Gasteiger partial charge in [0.2, 0.25) is 5.56 Å². The fourth-order valence-electron chi connectivity index (χ4n) is 4.96. The van der Waals surface area contributed by atoms with E-state index in [0.29, 0.717) is 12.2 Å². The highest BCUT2D eigenvalue weighted by atomic mass is 16.5. The number of carbonyl (C=O) groups excluding carboxylic acids is 1. The lowest BCUT2D eigenvalue weighted by atomic mass is 9.63. The van der Waals surface area contributed by atoms with E-state index in [4.69, 9.17) is 9.73 Å². The van der Waals surface area contributed by atoms with E-state index in [1.807, 2.05) is 42.6 Å². The molecule has 2 aromatic rings. The van der Waals surface area contributed by atoms with Crippen molar-refractivity contribution in [3.63, 3.8) is 0 Å². The Balaban J connectivity index is 1.68. The van der Waals surface area contributed by atoms with E-state index >= 15 is 0 Å². The van der Waals surface area contributed by atoms with Crippen LogP contribution in [0, 0.1) is 5.92 Å². The lowest BCUT2D eigenvalue weighted by Crippen LogP contribution is -2.40. The van der Waals surface area contributed by atoms with E-state index in [1.165, 1.54) is 11.1 Å². The van der Waals surface area contributed by atoms with Gasteiger partial charge in [-0.15, -0.1) is 0 Å². The summed E-state index contributed by atoms with van der Waals surface area (Å²) in [5, 5.41) is 0. The molecule has 0 amide bonds. The summed E-state index contributed by atoms with van der Waals surface area (Å²) in [5.74, 6) is -0.0852. The van der Waals surface area contributed by atoms with Crippen molar-refractivity contribution in [2.75, 3.05) is 6.61 Å². The molecule has 5 heteroatoms. The molecule has 0 saturated carbocycles. The third kappa shape index (κ3) is 4.03. The Morgan fingerprint density at radius 2 is 2.16 bits per heavy atom. The third-order valence-corrected chi connectivity index (χ3v) is 6.15. The molecule has 2 aliphatic rings. The topological polar surface area (TPSA) is 71.5 Å². The summed E-state index contributed by atoms with van der Waals surface area (Å²) in [7, 11) is 0. The molecule has 5 nitrogen and oxygen atoms in total. The number of aromatic amines is 1. The normalized spacial score (nSPS) is 23.4. The minimum Gasteiger partial charge on any atom is -0.462 e. The van der Waals surface area contributed by atoms with Gasteiger partial charge in [-0.3, -0.25) is 9.79 Å². The van der Waals surface area contributed by atoms with Crippen LogP contribution in [0.2, 0.25) is 0 Å². The molecule has 0 spiro atoms. The van der Waals surface area contributed by atoms with Crippen molar-refractivity contribution in [3.05, 3.63) is 98.5 Å². The van der Waals surface area contributed by atoms with E-state index in [2.05, 4.69) is 31.0 Å². The summed E-state index contributed by atoms with van der Waals surface area (Å²) in [6, 6.07) is 10.9. The van der Waals surface area contributed by atoms with Crippen molar-refractivity contribution in [1.82, 2.24) is 4.98 Å². The van der Waals surface area contributed by atoms with Crippen molar-refractivity contribution >= 4 is 18.3 Å². The Morgan fingerprint density at radius 3 is 2.94 bits per heavy atom. The number of H-pyrrole nitrogens is 1. The highest BCUT2D eigenvalue weighted by Crippen LogP contribution is 2.51. The number of pyridine rings is 1. The Bertz CT molecular complexity index is 1220. The highest BCUT2D eigenvalue weighted by Gasteiger charge is 2.46. The van der Waals surface area contributed by atoms with Gasteiger partial charge in [0.15, 0.2) is 0 Å². The average molecular weight is 429 g/mol. The Labute approximate surface area is 188 Å². The number of nitrogens with zero attached hydrogens (tertiary/aromatic N) is 1. The molecule has 0 radical (unpaired) electrons. The van der Waals surface area contributed by atoms with Crippen LogP contribution in [0.15, 0.2) is 75.6 Å². The lowest BCUT2D eigenvalue weighted by Gasteiger charge is -2.45. The van der Waals surface area contributed by atoms with Crippen molar-refractivity contribution in [1.29, 1.82) is 0 Å². The van der Waals surface area contributed by atoms with Crippen LogP contribution in [0.4, 0.5) is 0 Å². The predicted octanol–water partition coefficient (Wildman–Crippen LogP) is 5.00. The standard InChI is InChI=1S/C27H28N2O3/c1-4-22-21-14-18(3)17-27(22,23-11-12-25(30)29-24(23)16-21)28-13-7-9-19-8-6-10-20(15-19)26(31)32-5-2/h4,6-15,21H,5,16-17H2,1-3H3,(H,29,30)/b9-7?,22-4+,28-13?/t21-,27+/m0/s1. The van der Waals surface area contributed by atoms with Gasteiger partial charge in [0.05, 0.1) is 12.2 Å². The monoisotopic (exact) mass is 428 g/mol. The number of fused-ring (bicyclic) bond motifs is 4. The van der Waals surface area contributed by atoms with Gasteiger partial charge < -0.3 is 9.72 Å². The SMILES string of the molecule is C/C=C1\[C@H]2C=C(C)C[C@]1(N=CC=Cc1cccc(C(=O)OCC)c1)c1ccc(=O)[nH]c1C2. The Kier molecular flexibility index (Phi) is 6.08. The quantitative estimate of drug-likeness (QED) is 0.414. The number of carbonyl (C=O) groups is 1. The number of hydrogen-bond donors (Lipinski definition) is 1. The number of allylic oxidation sites excluding steroid dienone is 3. The van der Waals surface area contributed by atoms with Crippen molar-refractivity contribution in [2.24, 2.45) is 10.9 Å². The van der Waals surface area contributed by atoms with Gasteiger partial charge in [0.25, 0.3) is 0 Å². The molecule has 1 aromatic carbocycles. The second-order valence-corrected chi connectivity index (χ2v) is 8.30. The number of rotatable bonds is 5. The molecule has 2 aliphatic carbocycles. The first-order chi connectivity index (χ1) is 15.5. The van der Waals surface area contributed by atoms with Crippen LogP contribution in [0.25, 0.3) is 6.08 Å². The van der Waals surface area contributed by atoms with Crippen LogP contribution in [0.1, 0.15) is 54.4 Å². The van der Waals surface area contributed by atoms with Gasteiger partial charge in [0, 0.05) is 35.9 Å². The van der Waals surface area contributed by atoms with Crippen LogP contribution in [-0.2, 0) is 16.7 Å². The number of hydrogen-bond acceptors (Lipinski definition) is 4. The average Bonchev–Trinajstić information content (AvgIpc) is 2.76. The molecule has 1 aromatic heterocycles. The number of aliphatic imine (C=N–C) groups is 1. The summed E-state index contributed by atoms with van der Waals surface area (Å²) in [6.07, 6.45) is 11.7. The van der Waals surface area contributed by atoms with Crippen LogP contribution in [0.3, 0.4) is 0 Å². The minimum absolute atomic E-state index is 0.0769. The van der Waals surface area contributed by atoms with Crippen LogP contribution in [-0.4, -0.2) is 23.8 Å². The Hall–Kier alpha value is -3.47. The van der Waals surface area contributed by atoms with E-state index in [0.717, 1.165) is 29.7 Å². The lowest BCUT2D eigenvalue weighted by molar-refractivity contribution is 0.0526. The molecule has 0 fully saturated rings. The zero-order valence-electron chi connectivity index (χ0n) is 18.7. The van der Waals surface area contributed by atoms with E-state index in [9.17, 15) is 9.59 Å². The van der Waals surface area contributed by atoms with Crippen molar-refractivity contribution in [2.45, 2.75) is 39.2 Å². The number of aromatic nitrogens is 1. The third-order valence-electron chi connectivity index (χ3n) is 6.15. The molecule has 1 heterocycles. The maximum atomic E-state index is 12.0. The molecule has 0 aliphatic heterocycles. The maximum Gasteiger partial charge on any atom is 0.338 e. The first-order valence-corrected chi connectivity index (χ1v) is 11.0. The van der Waals surface area contributed by atoms with Crippen molar-refractivity contribution in [3.8, 4) is 0 Å². The second-order valence-electron chi connectivity index (χ2n) is 8.30. The molecular weight excluding hydrogens is 400 g/mol. The first-order valence-electron chi connectivity index (χ1n) is 11.0. The molecule has 1 N–H and O–H groups in total. The van der Waals surface area contributed by atoms with Gasteiger partial charge >= 0.3 is 5.97 Å². The summed E-state index contributed by atoms with van der Waals surface area (Å²) in [6.45, 7) is 6.36. The number of benzene rings is 1. The molecular formula is C27H28N2O3. The minimum atomic E-state index is -0.507. The summed E-state index contributed by atoms with van der Waals surface area (Å²) in [4.78, 5) is 32.0. The highest BCUT2D eigenvalue weighted by molar-refractivity contribution is 5.90.